The number of ether oxygens (including phenoxy) is 1. The average molecular weight is 390 g/mol. The van der Waals surface area contributed by atoms with E-state index < -0.39 is 11.7 Å². The summed E-state index contributed by atoms with van der Waals surface area (Å²) < 4.78 is 20.0. The van der Waals surface area contributed by atoms with Gasteiger partial charge in [-0.05, 0) is 29.8 Å². The van der Waals surface area contributed by atoms with Gasteiger partial charge in [-0.15, -0.1) is 0 Å². The van der Waals surface area contributed by atoms with Gasteiger partial charge in [-0.1, -0.05) is 68.4 Å². The molecule has 0 saturated carbocycles. The number of para-hydroxylation sites is 1. The SMILES string of the molecule is CC(C)C(=O)CC(C(=O)c1ccccc1)c1ccc(F)c(Oc2ccccc2)c1. The Balaban J connectivity index is 1.97. The zero-order valence-corrected chi connectivity index (χ0v) is 16.5. The normalized spacial score (nSPS) is 11.9. The van der Waals surface area contributed by atoms with E-state index in [1.807, 2.05) is 12.1 Å². The van der Waals surface area contributed by atoms with Gasteiger partial charge >= 0.3 is 0 Å². The Hall–Kier alpha value is -3.27. The first-order valence-corrected chi connectivity index (χ1v) is 9.60. The van der Waals surface area contributed by atoms with Crippen LogP contribution in [0.4, 0.5) is 4.39 Å². The van der Waals surface area contributed by atoms with Gasteiger partial charge in [0.15, 0.2) is 17.3 Å². The smallest absolute Gasteiger partial charge is 0.170 e. The van der Waals surface area contributed by atoms with Crippen LogP contribution in [0.5, 0.6) is 11.5 Å². The molecule has 3 aromatic carbocycles. The van der Waals surface area contributed by atoms with Gasteiger partial charge in [0.25, 0.3) is 0 Å². The largest absolute Gasteiger partial charge is 0.454 e. The molecule has 0 amide bonds. The van der Waals surface area contributed by atoms with Gasteiger partial charge in [0.1, 0.15) is 11.5 Å². The Labute approximate surface area is 170 Å². The first-order chi connectivity index (χ1) is 14.0. The van der Waals surface area contributed by atoms with Crippen molar-refractivity contribution in [3.8, 4) is 11.5 Å². The molecule has 0 bridgehead atoms. The van der Waals surface area contributed by atoms with Crippen molar-refractivity contribution in [2.24, 2.45) is 5.92 Å². The van der Waals surface area contributed by atoms with Crippen molar-refractivity contribution in [1.82, 2.24) is 0 Å². The lowest BCUT2D eigenvalue weighted by atomic mass is 9.84. The molecular formula is C25H23FO3. The van der Waals surface area contributed by atoms with Crippen LogP contribution in [0.25, 0.3) is 0 Å². The van der Waals surface area contributed by atoms with Crippen LogP contribution in [0.3, 0.4) is 0 Å². The fourth-order valence-electron chi connectivity index (χ4n) is 3.03. The minimum absolute atomic E-state index is 0.0193. The Kier molecular flexibility index (Phi) is 6.55. The highest BCUT2D eigenvalue weighted by molar-refractivity contribution is 6.03. The Morgan fingerprint density at radius 2 is 1.52 bits per heavy atom. The fourth-order valence-corrected chi connectivity index (χ4v) is 3.03. The van der Waals surface area contributed by atoms with Gasteiger partial charge in [0, 0.05) is 17.9 Å². The quantitative estimate of drug-likeness (QED) is 0.430. The topological polar surface area (TPSA) is 43.4 Å². The third-order valence-electron chi connectivity index (χ3n) is 4.75. The van der Waals surface area contributed by atoms with Gasteiger partial charge < -0.3 is 4.74 Å². The number of benzene rings is 3. The lowest BCUT2D eigenvalue weighted by Gasteiger charge is -2.18. The number of carbonyl (C=O) groups excluding carboxylic acids is 2. The monoisotopic (exact) mass is 390 g/mol. The number of carbonyl (C=O) groups is 2. The van der Waals surface area contributed by atoms with Crippen molar-refractivity contribution < 1.29 is 18.7 Å². The summed E-state index contributed by atoms with van der Waals surface area (Å²) in [7, 11) is 0. The second-order valence-electron chi connectivity index (χ2n) is 7.21. The number of Topliss-reactive ketones (excluding diaryl/α,β-unsaturated/α-hetero) is 2. The summed E-state index contributed by atoms with van der Waals surface area (Å²) in [5, 5.41) is 0. The van der Waals surface area contributed by atoms with Crippen molar-refractivity contribution >= 4 is 11.6 Å². The molecule has 0 N–H and O–H groups in total. The summed E-state index contributed by atoms with van der Waals surface area (Å²) in [6, 6.07) is 22.0. The van der Waals surface area contributed by atoms with Crippen LogP contribution < -0.4 is 4.74 Å². The molecule has 0 aliphatic rings. The van der Waals surface area contributed by atoms with Crippen LogP contribution in [0.15, 0.2) is 78.9 Å². The molecule has 29 heavy (non-hydrogen) atoms. The summed E-state index contributed by atoms with van der Waals surface area (Å²) in [6.07, 6.45) is 0.0573. The van der Waals surface area contributed by atoms with E-state index in [-0.39, 0.29) is 29.7 Å². The molecule has 0 fully saturated rings. The van der Waals surface area contributed by atoms with E-state index in [9.17, 15) is 14.0 Å². The Morgan fingerprint density at radius 1 is 0.897 bits per heavy atom. The zero-order valence-electron chi connectivity index (χ0n) is 16.5. The van der Waals surface area contributed by atoms with E-state index in [1.54, 1.807) is 68.4 Å². The fraction of sp³-hybridized carbons (Fsp3) is 0.200. The lowest BCUT2D eigenvalue weighted by Crippen LogP contribution is -2.20. The van der Waals surface area contributed by atoms with Gasteiger partial charge in [-0.25, -0.2) is 4.39 Å². The molecule has 148 valence electrons. The number of ketones is 2. The minimum atomic E-state index is -0.703. The molecule has 3 rings (SSSR count). The molecule has 0 heterocycles. The molecule has 0 aliphatic carbocycles. The molecule has 0 aromatic heterocycles. The molecule has 0 radical (unpaired) electrons. The molecule has 1 atom stereocenters. The summed E-state index contributed by atoms with van der Waals surface area (Å²) in [4.78, 5) is 25.6. The van der Waals surface area contributed by atoms with E-state index in [1.165, 1.54) is 12.1 Å². The van der Waals surface area contributed by atoms with E-state index in [4.69, 9.17) is 4.74 Å². The van der Waals surface area contributed by atoms with Crippen molar-refractivity contribution in [3.05, 3.63) is 95.8 Å². The second-order valence-corrected chi connectivity index (χ2v) is 7.21. The predicted molar refractivity (Wildman–Crippen MR) is 111 cm³/mol. The van der Waals surface area contributed by atoms with Gasteiger partial charge in [0.2, 0.25) is 0 Å². The summed E-state index contributed by atoms with van der Waals surface area (Å²) >= 11 is 0. The average Bonchev–Trinajstić information content (AvgIpc) is 2.74. The lowest BCUT2D eigenvalue weighted by molar-refractivity contribution is -0.122. The van der Waals surface area contributed by atoms with Crippen molar-refractivity contribution in [2.45, 2.75) is 26.2 Å². The molecule has 3 nitrogen and oxygen atoms in total. The highest BCUT2D eigenvalue weighted by atomic mass is 19.1. The number of halogens is 1. The molecule has 1 unspecified atom stereocenters. The van der Waals surface area contributed by atoms with Gasteiger partial charge in [-0.2, -0.15) is 0 Å². The summed E-state index contributed by atoms with van der Waals surface area (Å²) in [6.45, 7) is 3.61. The maximum atomic E-state index is 14.4. The van der Waals surface area contributed by atoms with Crippen LogP contribution in [-0.2, 0) is 4.79 Å². The predicted octanol–water partition coefficient (Wildman–Crippen LogP) is 6.20. The maximum absolute atomic E-state index is 14.4. The Morgan fingerprint density at radius 3 is 2.14 bits per heavy atom. The third-order valence-corrected chi connectivity index (χ3v) is 4.75. The van der Waals surface area contributed by atoms with Crippen LogP contribution in [0.1, 0.15) is 42.1 Å². The van der Waals surface area contributed by atoms with Crippen molar-refractivity contribution in [1.29, 1.82) is 0 Å². The van der Waals surface area contributed by atoms with E-state index in [0.717, 1.165) is 0 Å². The number of hydrogen-bond donors (Lipinski definition) is 0. The van der Waals surface area contributed by atoms with Crippen LogP contribution in [0, 0.1) is 11.7 Å². The molecule has 0 saturated heterocycles. The molecule has 0 spiro atoms. The molecule has 4 heteroatoms. The molecular weight excluding hydrogens is 367 g/mol. The van der Waals surface area contributed by atoms with Crippen molar-refractivity contribution in [3.63, 3.8) is 0 Å². The minimum Gasteiger partial charge on any atom is -0.454 e. The highest BCUT2D eigenvalue weighted by Crippen LogP contribution is 2.32. The molecule has 3 aromatic rings. The summed E-state index contributed by atoms with van der Waals surface area (Å²) in [5.41, 5.74) is 1.07. The highest BCUT2D eigenvalue weighted by Gasteiger charge is 2.27. The van der Waals surface area contributed by atoms with E-state index in [2.05, 4.69) is 0 Å². The van der Waals surface area contributed by atoms with Crippen molar-refractivity contribution in [2.75, 3.05) is 0 Å². The zero-order chi connectivity index (χ0) is 20.8. The Bertz CT molecular complexity index is 981. The molecule has 0 aliphatic heterocycles. The number of hydrogen-bond acceptors (Lipinski definition) is 3. The first-order valence-electron chi connectivity index (χ1n) is 9.60. The van der Waals surface area contributed by atoms with Gasteiger partial charge in [0.05, 0.1) is 5.92 Å². The first kappa shape index (κ1) is 20.5. The second kappa shape index (κ2) is 9.28. The van der Waals surface area contributed by atoms with Crippen LogP contribution in [0.2, 0.25) is 0 Å². The van der Waals surface area contributed by atoms with Gasteiger partial charge in [-0.3, -0.25) is 9.59 Å². The third kappa shape index (κ3) is 5.17. The van der Waals surface area contributed by atoms with Crippen LogP contribution >= 0.6 is 0 Å². The number of rotatable bonds is 8. The standard InChI is InChI=1S/C25H23FO3/c1-17(2)23(27)16-21(25(28)18-9-5-3-6-10-18)19-13-14-22(26)24(15-19)29-20-11-7-4-8-12-20/h3-15,17,21H,16H2,1-2H3. The summed E-state index contributed by atoms with van der Waals surface area (Å²) in [5.74, 6) is -1.10. The van der Waals surface area contributed by atoms with E-state index in [0.29, 0.717) is 16.9 Å². The van der Waals surface area contributed by atoms with E-state index >= 15 is 0 Å². The maximum Gasteiger partial charge on any atom is 0.170 e. The van der Waals surface area contributed by atoms with Crippen LogP contribution in [-0.4, -0.2) is 11.6 Å².